The van der Waals surface area contributed by atoms with Gasteiger partial charge in [-0.15, -0.1) is 0 Å². The number of allylic oxidation sites excluding steroid dienone is 2. The number of nitrogens with zero attached hydrogens (tertiary/aromatic N) is 3. The van der Waals surface area contributed by atoms with Crippen LogP contribution in [0.2, 0.25) is 5.02 Å². The number of benzene rings is 1. The minimum absolute atomic E-state index is 0.0735. The number of aromatic nitrogens is 2. The van der Waals surface area contributed by atoms with Crippen LogP contribution in [0.3, 0.4) is 0 Å². The number of ether oxygens (including phenoxy) is 1. The average molecular weight is 552 g/mol. The fourth-order valence-corrected chi connectivity index (χ4v) is 6.67. The number of rotatable bonds is 6. The maximum atomic E-state index is 14.2. The minimum atomic E-state index is -0.782. The Hall–Kier alpha value is -2.97. The first-order valence-electron chi connectivity index (χ1n) is 13.9. The van der Waals surface area contributed by atoms with E-state index in [-0.39, 0.29) is 17.9 Å². The first kappa shape index (κ1) is 26.3. The molecule has 8 nitrogen and oxygen atoms in total. The molecule has 1 aromatic heterocycles. The van der Waals surface area contributed by atoms with Gasteiger partial charge in [0.1, 0.15) is 0 Å². The Kier molecular flexibility index (Phi) is 6.66. The van der Waals surface area contributed by atoms with E-state index >= 15 is 0 Å². The molecule has 2 atom stereocenters. The van der Waals surface area contributed by atoms with Crippen LogP contribution >= 0.6 is 11.6 Å². The summed E-state index contributed by atoms with van der Waals surface area (Å²) in [5, 5.41) is 14.8. The molecule has 1 saturated heterocycles. The monoisotopic (exact) mass is 551 g/mol. The van der Waals surface area contributed by atoms with Crippen molar-refractivity contribution in [1.29, 1.82) is 0 Å². The smallest absolute Gasteiger partial charge is 0.306 e. The van der Waals surface area contributed by atoms with Gasteiger partial charge in [0.25, 0.3) is 5.91 Å². The second-order valence-corrected chi connectivity index (χ2v) is 12.2. The number of hydrogen-bond acceptors (Lipinski definition) is 5. The third-order valence-electron chi connectivity index (χ3n) is 9.09. The minimum Gasteiger partial charge on any atom is -0.481 e. The van der Waals surface area contributed by atoms with Crippen LogP contribution in [0.5, 0.6) is 0 Å². The summed E-state index contributed by atoms with van der Waals surface area (Å²) in [6, 6.07) is 5.61. The largest absolute Gasteiger partial charge is 0.481 e. The number of likely N-dealkylation sites (tertiary alicyclic amines) is 1. The second-order valence-electron chi connectivity index (χ2n) is 11.8. The van der Waals surface area contributed by atoms with Crippen LogP contribution in [0.4, 0.5) is 0 Å². The van der Waals surface area contributed by atoms with Gasteiger partial charge in [0.05, 0.1) is 39.4 Å². The average Bonchev–Trinajstić information content (AvgIpc) is 3.68. The molecule has 0 bridgehead atoms. The van der Waals surface area contributed by atoms with Gasteiger partial charge in [-0.3, -0.25) is 14.4 Å². The predicted molar refractivity (Wildman–Crippen MR) is 146 cm³/mol. The summed E-state index contributed by atoms with van der Waals surface area (Å²) in [4.78, 5) is 41.2. The Balaban J connectivity index is 1.40. The summed E-state index contributed by atoms with van der Waals surface area (Å²) in [6.45, 7) is 3.16. The Morgan fingerprint density at radius 1 is 1.15 bits per heavy atom. The van der Waals surface area contributed by atoms with E-state index in [1.807, 2.05) is 30.0 Å². The zero-order valence-corrected chi connectivity index (χ0v) is 23.2. The summed E-state index contributed by atoms with van der Waals surface area (Å²) in [6.07, 6.45) is 7.37. The van der Waals surface area contributed by atoms with Gasteiger partial charge in [-0.05, 0) is 68.1 Å². The molecule has 1 N–H and O–H groups in total. The van der Waals surface area contributed by atoms with Gasteiger partial charge >= 0.3 is 5.97 Å². The zero-order chi connectivity index (χ0) is 27.5. The number of methoxy groups -OCH3 is 1. The molecule has 9 heteroatoms. The SMILES string of the molecule is COC1CN(C(=O)[C@@]2(C)CCc3c(C4=CCC(C(=O)O)CC4)nn(C(=O)c4c(Cl)cccc4C4CC4)c3C2)C1. The summed E-state index contributed by atoms with van der Waals surface area (Å²) >= 11 is 6.63. The Bertz CT molecular complexity index is 1390. The van der Waals surface area contributed by atoms with Crippen LogP contribution < -0.4 is 0 Å². The molecule has 6 rings (SSSR count). The number of carbonyl (C=O) groups excluding carboxylic acids is 2. The Morgan fingerprint density at radius 3 is 2.56 bits per heavy atom. The Morgan fingerprint density at radius 2 is 1.92 bits per heavy atom. The highest BCUT2D eigenvalue weighted by Crippen LogP contribution is 2.45. The van der Waals surface area contributed by atoms with Gasteiger partial charge < -0.3 is 14.7 Å². The van der Waals surface area contributed by atoms with Gasteiger partial charge in [0.2, 0.25) is 5.91 Å². The van der Waals surface area contributed by atoms with E-state index in [0.29, 0.717) is 68.1 Å². The van der Waals surface area contributed by atoms with Gasteiger partial charge in [0.15, 0.2) is 0 Å². The molecular weight excluding hydrogens is 518 g/mol. The first-order chi connectivity index (χ1) is 18.7. The molecule has 2 heterocycles. The third-order valence-corrected chi connectivity index (χ3v) is 9.41. The molecule has 0 spiro atoms. The van der Waals surface area contributed by atoms with Crippen LogP contribution in [-0.2, 0) is 27.2 Å². The second kappa shape index (κ2) is 9.89. The van der Waals surface area contributed by atoms with E-state index in [1.54, 1.807) is 13.2 Å². The number of aliphatic carboxylic acids is 1. The van der Waals surface area contributed by atoms with E-state index in [4.69, 9.17) is 21.4 Å². The van der Waals surface area contributed by atoms with Crippen molar-refractivity contribution in [3.8, 4) is 0 Å². The van der Waals surface area contributed by atoms with Crippen molar-refractivity contribution in [2.75, 3.05) is 20.2 Å². The van der Waals surface area contributed by atoms with E-state index in [1.165, 1.54) is 4.68 Å². The van der Waals surface area contributed by atoms with E-state index in [2.05, 4.69) is 0 Å². The van der Waals surface area contributed by atoms with Crippen molar-refractivity contribution in [2.45, 2.75) is 70.3 Å². The van der Waals surface area contributed by atoms with Crippen molar-refractivity contribution in [3.63, 3.8) is 0 Å². The molecule has 2 fully saturated rings. The van der Waals surface area contributed by atoms with Crippen molar-refractivity contribution in [3.05, 3.63) is 57.4 Å². The summed E-state index contributed by atoms with van der Waals surface area (Å²) in [5.41, 5.74) is 4.30. The number of carboxylic acids is 1. The first-order valence-corrected chi connectivity index (χ1v) is 14.3. The van der Waals surface area contributed by atoms with Crippen molar-refractivity contribution in [1.82, 2.24) is 14.7 Å². The maximum Gasteiger partial charge on any atom is 0.306 e. The lowest BCUT2D eigenvalue weighted by atomic mass is 9.72. The molecule has 206 valence electrons. The summed E-state index contributed by atoms with van der Waals surface area (Å²) in [5.74, 6) is -1.03. The van der Waals surface area contributed by atoms with Crippen molar-refractivity contribution < 1.29 is 24.2 Å². The van der Waals surface area contributed by atoms with Crippen LogP contribution in [0, 0.1) is 11.3 Å². The predicted octanol–water partition coefficient (Wildman–Crippen LogP) is 4.72. The fourth-order valence-electron chi connectivity index (χ4n) is 6.41. The molecule has 1 saturated carbocycles. The standard InChI is InChI=1S/C30H34ClN3O5/c1-30(29(38)33-15-20(16-33)39-2)13-12-22-24(14-30)34(32-26(22)18-8-10-19(11-9-18)28(36)37)27(35)25-21(17-6-7-17)4-3-5-23(25)31/h3-5,8,17,19-20H,6-7,9-16H2,1-2H3,(H,36,37)/t19?,30-/m0/s1. The van der Waals surface area contributed by atoms with E-state index < -0.39 is 17.3 Å². The lowest BCUT2D eigenvalue weighted by Crippen LogP contribution is -2.59. The van der Waals surface area contributed by atoms with Gasteiger partial charge in [-0.1, -0.05) is 36.7 Å². The lowest BCUT2D eigenvalue weighted by molar-refractivity contribution is -0.154. The molecule has 1 aliphatic heterocycles. The number of carbonyl (C=O) groups is 3. The Labute approximate surface area is 233 Å². The zero-order valence-electron chi connectivity index (χ0n) is 22.4. The highest BCUT2D eigenvalue weighted by Gasteiger charge is 2.46. The van der Waals surface area contributed by atoms with Gasteiger partial charge in [0, 0.05) is 32.2 Å². The normalized spacial score (nSPS) is 25.1. The number of carboxylic acid groups (broad SMARTS) is 1. The van der Waals surface area contributed by atoms with Crippen LogP contribution in [0.1, 0.15) is 84.2 Å². The topological polar surface area (TPSA) is 102 Å². The molecular formula is C30H34ClN3O5. The number of amides is 1. The van der Waals surface area contributed by atoms with Gasteiger partial charge in [-0.25, -0.2) is 0 Å². The van der Waals surface area contributed by atoms with Crippen LogP contribution in [0.25, 0.3) is 5.57 Å². The molecule has 0 radical (unpaired) electrons. The van der Waals surface area contributed by atoms with Crippen molar-refractivity contribution >= 4 is 35.0 Å². The van der Waals surface area contributed by atoms with Crippen LogP contribution in [0.15, 0.2) is 24.3 Å². The third kappa shape index (κ3) is 4.61. The summed E-state index contributed by atoms with van der Waals surface area (Å²) < 4.78 is 6.87. The quantitative estimate of drug-likeness (QED) is 0.557. The molecule has 4 aliphatic rings. The van der Waals surface area contributed by atoms with Crippen molar-refractivity contribution in [2.24, 2.45) is 11.3 Å². The maximum absolute atomic E-state index is 14.2. The lowest BCUT2D eigenvalue weighted by Gasteiger charge is -2.44. The molecule has 1 amide bonds. The number of halogens is 1. The summed E-state index contributed by atoms with van der Waals surface area (Å²) in [7, 11) is 1.66. The fraction of sp³-hybridized carbons (Fsp3) is 0.533. The highest BCUT2D eigenvalue weighted by molar-refractivity contribution is 6.34. The molecule has 2 aromatic rings. The van der Waals surface area contributed by atoms with Gasteiger partial charge in [-0.2, -0.15) is 9.78 Å². The molecule has 1 unspecified atom stereocenters. The van der Waals surface area contributed by atoms with E-state index in [0.717, 1.165) is 40.9 Å². The molecule has 1 aromatic carbocycles. The molecule has 39 heavy (non-hydrogen) atoms. The number of hydrogen-bond donors (Lipinski definition) is 1. The molecule has 3 aliphatic carbocycles. The van der Waals surface area contributed by atoms with Crippen LogP contribution in [-0.4, -0.2) is 63.9 Å². The highest BCUT2D eigenvalue weighted by atomic mass is 35.5. The van der Waals surface area contributed by atoms with E-state index in [9.17, 15) is 19.5 Å². The number of fused-ring (bicyclic) bond motifs is 1.